The Morgan fingerprint density at radius 3 is 2.56 bits per heavy atom. The molecule has 0 aliphatic rings. The van der Waals surface area contributed by atoms with Gasteiger partial charge in [-0.25, -0.2) is 14.9 Å². The fraction of sp³-hybridized carbons (Fsp3) is 0.235. The molecular weight excluding hydrogens is 318 g/mol. The molecule has 2 heterocycles. The number of hydrogen-bond acceptors (Lipinski definition) is 6. The second-order valence-corrected chi connectivity index (χ2v) is 5.65. The number of aromatic nitrogens is 4. The zero-order valence-electron chi connectivity index (χ0n) is 14.5. The zero-order valence-corrected chi connectivity index (χ0v) is 14.5. The average Bonchev–Trinajstić information content (AvgIpc) is 3.04. The lowest BCUT2D eigenvalue weighted by atomic mass is 10.1. The lowest BCUT2D eigenvalue weighted by Gasteiger charge is -2.03. The molecule has 8 heteroatoms. The normalized spacial score (nSPS) is 11.6. The highest BCUT2D eigenvalue weighted by Crippen LogP contribution is 2.09. The average molecular weight is 337 g/mol. The zero-order chi connectivity index (χ0) is 18.0. The SMILES string of the molecule is CNc1ccc(C(C)=NNC(=O)c2nc3nc(C)cc(C)n3n2)cc1. The van der Waals surface area contributed by atoms with Crippen LogP contribution in [0.25, 0.3) is 5.78 Å². The minimum atomic E-state index is -0.478. The van der Waals surface area contributed by atoms with E-state index in [-0.39, 0.29) is 5.82 Å². The van der Waals surface area contributed by atoms with Crippen molar-refractivity contribution in [3.05, 3.63) is 53.1 Å². The van der Waals surface area contributed by atoms with Crippen molar-refractivity contribution in [1.29, 1.82) is 0 Å². The van der Waals surface area contributed by atoms with Gasteiger partial charge in [0.1, 0.15) is 0 Å². The fourth-order valence-corrected chi connectivity index (χ4v) is 2.39. The van der Waals surface area contributed by atoms with Crippen molar-refractivity contribution in [2.24, 2.45) is 5.10 Å². The summed E-state index contributed by atoms with van der Waals surface area (Å²) < 4.78 is 1.54. The summed E-state index contributed by atoms with van der Waals surface area (Å²) in [6.07, 6.45) is 0. The molecule has 1 aromatic carbocycles. The monoisotopic (exact) mass is 337 g/mol. The first-order chi connectivity index (χ1) is 12.0. The molecule has 0 saturated heterocycles. The number of nitrogens with zero attached hydrogens (tertiary/aromatic N) is 5. The van der Waals surface area contributed by atoms with Crippen molar-refractivity contribution in [2.45, 2.75) is 20.8 Å². The Bertz CT molecular complexity index is 957. The van der Waals surface area contributed by atoms with Gasteiger partial charge in [-0.3, -0.25) is 4.79 Å². The number of nitrogens with one attached hydrogen (secondary N) is 2. The van der Waals surface area contributed by atoms with Crippen LogP contribution in [0.1, 0.15) is 34.5 Å². The van der Waals surface area contributed by atoms with E-state index in [2.05, 4.69) is 30.9 Å². The molecule has 0 aliphatic carbocycles. The molecule has 0 aliphatic heterocycles. The molecule has 128 valence electrons. The number of carbonyl (C=O) groups is 1. The number of hydrogen-bond donors (Lipinski definition) is 2. The third-order valence-electron chi connectivity index (χ3n) is 3.74. The molecule has 0 fully saturated rings. The van der Waals surface area contributed by atoms with Crippen LogP contribution < -0.4 is 10.7 Å². The molecule has 25 heavy (non-hydrogen) atoms. The Morgan fingerprint density at radius 2 is 1.88 bits per heavy atom. The van der Waals surface area contributed by atoms with Gasteiger partial charge in [0.2, 0.25) is 5.82 Å². The van der Waals surface area contributed by atoms with Crippen molar-refractivity contribution in [3.8, 4) is 0 Å². The minimum absolute atomic E-state index is 0.0308. The lowest BCUT2D eigenvalue weighted by molar-refractivity contribution is 0.0944. The quantitative estimate of drug-likeness (QED) is 0.560. The molecule has 3 rings (SSSR count). The number of hydrazone groups is 1. The summed E-state index contributed by atoms with van der Waals surface area (Å²) in [5.74, 6) is -0.0527. The first-order valence-electron chi connectivity index (χ1n) is 7.82. The van der Waals surface area contributed by atoms with Gasteiger partial charge in [-0.2, -0.15) is 10.1 Å². The second kappa shape index (κ2) is 6.68. The van der Waals surface area contributed by atoms with Gasteiger partial charge in [-0.15, -0.1) is 5.10 Å². The molecule has 0 unspecified atom stereocenters. The van der Waals surface area contributed by atoms with Crippen LogP contribution in [-0.2, 0) is 0 Å². The van der Waals surface area contributed by atoms with Crippen molar-refractivity contribution < 1.29 is 4.79 Å². The van der Waals surface area contributed by atoms with Crippen LogP contribution in [0, 0.1) is 13.8 Å². The maximum atomic E-state index is 12.3. The number of aryl methyl sites for hydroxylation is 2. The Kier molecular flexibility index (Phi) is 4.42. The summed E-state index contributed by atoms with van der Waals surface area (Å²) in [7, 11) is 1.86. The minimum Gasteiger partial charge on any atom is -0.388 e. The van der Waals surface area contributed by atoms with E-state index in [0.29, 0.717) is 11.5 Å². The smallest absolute Gasteiger partial charge is 0.311 e. The summed E-state index contributed by atoms with van der Waals surface area (Å²) in [5.41, 5.74) is 6.77. The number of carbonyl (C=O) groups excluding carboxylic acids is 1. The Balaban J connectivity index is 1.78. The molecule has 3 aromatic rings. The first-order valence-corrected chi connectivity index (χ1v) is 7.82. The van der Waals surface area contributed by atoms with Crippen LogP contribution in [0.4, 0.5) is 5.69 Å². The maximum Gasteiger partial charge on any atom is 0.311 e. The topological polar surface area (TPSA) is 96.6 Å². The number of rotatable bonds is 4. The molecule has 0 saturated carbocycles. The first kappa shape index (κ1) is 16.6. The van der Waals surface area contributed by atoms with Crippen LogP contribution >= 0.6 is 0 Å². The van der Waals surface area contributed by atoms with E-state index in [1.165, 1.54) is 4.52 Å². The summed E-state index contributed by atoms with van der Waals surface area (Å²) in [6.45, 7) is 5.57. The van der Waals surface area contributed by atoms with Gasteiger partial charge in [0.05, 0.1) is 5.71 Å². The molecule has 2 N–H and O–H groups in total. The standard InChI is InChI=1S/C17H19N7O/c1-10-9-11(2)24-17(19-10)20-15(23-24)16(25)22-21-12(3)13-5-7-14(18-4)8-6-13/h5-9,18H,1-4H3,(H,22,25). The van der Waals surface area contributed by atoms with Gasteiger partial charge in [-0.05, 0) is 44.5 Å². The highest BCUT2D eigenvalue weighted by molar-refractivity contribution is 6.00. The van der Waals surface area contributed by atoms with E-state index < -0.39 is 5.91 Å². The number of fused-ring (bicyclic) bond motifs is 1. The third-order valence-corrected chi connectivity index (χ3v) is 3.74. The van der Waals surface area contributed by atoms with Gasteiger partial charge >= 0.3 is 5.91 Å². The van der Waals surface area contributed by atoms with E-state index in [9.17, 15) is 4.79 Å². The van der Waals surface area contributed by atoms with Crippen LogP contribution in [0.2, 0.25) is 0 Å². The predicted molar refractivity (Wildman–Crippen MR) is 95.9 cm³/mol. The maximum absolute atomic E-state index is 12.3. The van der Waals surface area contributed by atoms with Crippen molar-refractivity contribution >= 4 is 23.1 Å². The highest BCUT2D eigenvalue weighted by Gasteiger charge is 2.14. The van der Waals surface area contributed by atoms with Crippen LogP contribution in [-0.4, -0.2) is 38.2 Å². The third kappa shape index (κ3) is 3.47. The largest absolute Gasteiger partial charge is 0.388 e. The molecule has 0 atom stereocenters. The van der Waals surface area contributed by atoms with Gasteiger partial charge in [0.15, 0.2) is 0 Å². The van der Waals surface area contributed by atoms with Crippen LogP contribution in [0.3, 0.4) is 0 Å². The van der Waals surface area contributed by atoms with Crippen molar-refractivity contribution in [3.63, 3.8) is 0 Å². The highest BCUT2D eigenvalue weighted by atomic mass is 16.2. The van der Waals surface area contributed by atoms with Gasteiger partial charge in [-0.1, -0.05) is 12.1 Å². The van der Waals surface area contributed by atoms with Crippen LogP contribution in [0.5, 0.6) is 0 Å². The molecule has 8 nitrogen and oxygen atoms in total. The van der Waals surface area contributed by atoms with E-state index in [0.717, 1.165) is 22.6 Å². The van der Waals surface area contributed by atoms with Gasteiger partial charge < -0.3 is 5.32 Å². The van der Waals surface area contributed by atoms with E-state index in [1.807, 2.05) is 58.2 Å². The van der Waals surface area contributed by atoms with Crippen LogP contribution in [0.15, 0.2) is 35.4 Å². The Hall–Kier alpha value is -3.29. The van der Waals surface area contributed by atoms with Crippen molar-refractivity contribution in [2.75, 3.05) is 12.4 Å². The molecule has 0 radical (unpaired) electrons. The molecular formula is C17H19N7O. The predicted octanol–water partition coefficient (Wildman–Crippen LogP) is 1.94. The van der Waals surface area contributed by atoms with E-state index in [4.69, 9.17) is 0 Å². The molecule has 0 spiro atoms. The van der Waals surface area contributed by atoms with E-state index in [1.54, 1.807) is 0 Å². The summed E-state index contributed by atoms with van der Waals surface area (Å²) in [5, 5.41) is 11.4. The molecule has 2 aromatic heterocycles. The Labute approximate surface area is 145 Å². The Morgan fingerprint density at radius 1 is 1.16 bits per heavy atom. The summed E-state index contributed by atoms with van der Waals surface area (Å²) in [6, 6.07) is 9.61. The number of amides is 1. The van der Waals surface area contributed by atoms with Gasteiger partial charge in [0, 0.05) is 24.1 Å². The lowest BCUT2D eigenvalue weighted by Crippen LogP contribution is -2.20. The summed E-state index contributed by atoms with van der Waals surface area (Å²) >= 11 is 0. The fourth-order valence-electron chi connectivity index (χ4n) is 2.39. The molecule has 1 amide bonds. The second-order valence-electron chi connectivity index (χ2n) is 5.65. The van der Waals surface area contributed by atoms with Crippen molar-refractivity contribution in [1.82, 2.24) is 25.0 Å². The number of benzene rings is 1. The number of anilines is 1. The summed E-state index contributed by atoms with van der Waals surface area (Å²) in [4.78, 5) is 20.7. The van der Waals surface area contributed by atoms with Gasteiger partial charge in [0.25, 0.3) is 5.78 Å². The van der Waals surface area contributed by atoms with E-state index >= 15 is 0 Å². The molecule has 0 bridgehead atoms.